The number of oxime groups is 1. The van der Waals surface area contributed by atoms with E-state index in [9.17, 15) is 4.79 Å². The Bertz CT molecular complexity index is 816. The smallest absolute Gasteiger partial charge is 0.374 e. The Hall–Kier alpha value is -2.79. The zero-order valence-electron chi connectivity index (χ0n) is 14.9. The Morgan fingerprint density at radius 2 is 1.92 bits per heavy atom. The molecule has 26 heavy (non-hydrogen) atoms. The van der Waals surface area contributed by atoms with E-state index in [0.29, 0.717) is 18.1 Å². The number of benzene rings is 2. The largest absolute Gasteiger partial charge is 0.463 e. The number of carbonyl (C=O) groups is 1. The zero-order valence-corrected chi connectivity index (χ0v) is 15.6. The van der Waals surface area contributed by atoms with Crippen LogP contribution >= 0.6 is 11.6 Å². The normalized spacial score (nSPS) is 11.8. The molecule has 2 aromatic rings. The van der Waals surface area contributed by atoms with Crippen molar-refractivity contribution >= 4 is 23.3 Å². The van der Waals surface area contributed by atoms with Gasteiger partial charge in [0.2, 0.25) is 5.76 Å². The Kier molecular flexibility index (Phi) is 7.24. The van der Waals surface area contributed by atoms with Crippen LogP contribution in [0.2, 0.25) is 0 Å². The lowest BCUT2D eigenvalue weighted by Gasteiger charge is -2.11. The molecule has 0 fully saturated rings. The van der Waals surface area contributed by atoms with Crippen LogP contribution in [0.25, 0.3) is 0 Å². The van der Waals surface area contributed by atoms with Crippen LogP contribution in [0.15, 0.2) is 65.0 Å². The first kappa shape index (κ1) is 19.5. The number of ether oxygens (including phenoxy) is 2. The summed E-state index contributed by atoms with van der Waals surface area (Å²) >= 11 is 5.64. The van der Waals surface area contributed by atoms with Gasteiger partial charge in [-0.3, -0.25) is 0 Å². The number of nitrogens with zero attached hydrogens (tertiary/aromatic N) is 1. The first-order valence-corrected chi connectivity index (χ1v) is 8.37. The summed E-state index contributed by atoms with van der Waals surface area (Å²) < 4.78 is 10.2. The minimum Gasteiger partial charge on any atom is -0.463 e. The quantitative estimate of drug-likeness (QED) is 0.234. The van der Waals surface area contributed by atoms with Gasteiger partial charge in [-0.15, -0.1) is 0 Å². The first-order chi connectivity index (χ1) is 12.5. The van der Waals surface area contributed by atoms with E-state index in [4.69, 9.17) is 21.2 Å². The van der Waals surface area contributed by atoms with Gasteiger partial charge >= 0.3 is 5.97 Å². The summed E-state index contributed by atoms with van der Waals surface area (Å²) in [6.45, 7) is 4.08. The molecule has 5 nitrogen and oxygen atoms in total. The van der Waals surface area contributed by atoms with E-state index in [1.54, 1.807) is 6.07 Å². The standard InChI is InChI=1S/C20H20ClNO4/c1-14-9-10-17(11-18(14)26-19(12-21)20(23)24-3)15(2)22-25-13-16-7-5-4-6-8-16/h4-12H,13H2,1-3H3. The lowest BCUT2D eigenvalue weighted by Crippen LogP contribution is -2.11. The lowest BCUT2D eigenvalue weighted by atomic mass is 10.1. The summed E-state index contributed by atoms with van der Waals surface area (Å²) in [6.07, 6.45) is 0. The molecule has 0 unspecified atom stereocenters. The van der Waals surface area contributed by atoms with Crippen LogP contribution in [-0.2, 0) is 21.0 Å². The molecule has 0 N–H and O–H groups in total. The minimum atomic E-state index is -0.651. The van der Waals surface area contributed by atoms with Crippen molar-refractivity contribution in [1.29, 1.82) is 0 Å². The second-order valence-corrected chi connectivity index (χ2v) is 5.70. The molecule has 0 aliphatic heterocycles. The fourth-order valence-corrected chi connectivity index (χ4v) is 2.23. The summed E-state index contributed by atoms with van der Waals surface area (Å²) in [4.78, 5) is 17.0. The van der Waals surface area contributed by atoms with Crippen molar-refractivity contribution in [3.05, 3.63) is 76.5 Å². The van der Waals surface area contributed by atoms with Gasteiger partial charge in [0.05, 0.1) is 18.4 Å². The summed E-state index contributed by atoms with van der Waals surface area (Å²) in [6, 6.07) is 15.3. The van der Waals surface area contributed by atoms with Gasteiger partial charge in [-0.1, -0.05) is 59.2 Å². The molecule has 0 spiro atoms. The molecule has 0 atom stereocenters. The van der Waals surface area contributed by atoms with Crippen molar-refractivity contribution in [2.45, 2.75) is 20.5 Å². The van der Waals surface area contributed by atoms with Crippen LogP contribution in [-0.4, -0.2) is 18.8 Å². The van der Waals surface area contributed by atoms with Gasteiger partial charge in [-0.2, -0.15) is 0 Å². The molecule has 0 aromatic heterocycles. The fraction of sp³-hybridized carbons (Fsp3) is 0.200. The van der Waals surface area contributed by atoms with Crippen molar-refractivity contribution in [2.75, 3.05) is 7.11 Å². The van der Waals surface area contributed by atoms with Crippen molar-refractivity contribution in [3.8, 4) is 5.75 Å². The lowest BCUT2D eigenvalue weighted by molar-refractivity contribution is -0.138. The van der Waals surface area contributed by atoms with Crippen molar-refractivity contribution < 1.29 is 19.1 Å². The van der Waals surface area contributed by atoms with E-state index in [-0.39, 0.29) is 5.76 Å². The highest BCUT2D eigenvalue weighted by Crippen LogP contribution is 2.23. The topological polar surface area (TPSA) is 57.1 Å². The predicted molar refractivity (Wildman–Crippen MR) is 101 cm³/mol. The maximum atomic E-state index is 11.6. The molecule has 0 bridgehead atoms. The van der Waals surface area contributed by atoms with Gasteiger partial charge in [0.1, 0.15) is 12.4 Å². The van der Waals surface area contributed by atoms with Gasteiger partial charge < -0.3 is 14.3 Å². The number of methoxy groups -OCH3 is 1. The molecule has 6 heteroatoms. The Labute approximate surface area is 157 Å². The zero-order chi connectivity index (χ0) is 18.9. The average Bonchev–Trinajstić information content (AvgIpc) is 2.67. The third-order valence-electron chi connectivity index (χ3n) is 3.59. The molecule has 2 rings (SSSR count). The van der Waals surface area contributed by atoms with Crippen molar-refractivity contribution in [3.63, 3.8) is 0 Å². The van der Waals surface area contributed by atoms with Crippen LogP contribution in [0.1, 0.15) is 23.6 Å². The van der Waals surface area contributed by atoms with Gasteiger partial charge in [-0.25, -0.2) is 4.79 Å². The number of rotatable bonds is 7. The van der Waals surface area contributed by atoms with Crippen molar-refractivity contribution in [2.24, 2.45) is 5.16 Å². The first-order valence-electron chi connectivity index (χ1n) is 7.93. The van der Waals surface area contributed by atoms with Crippen LogP contribution in [0.5, 0.6) is 5.75 Å². The molecule has 0 saturated carbocycles. The SMILES string of the molecule is COC(=O)C(=CCl)Oc1cc(C(C)=NOCc2ccccc2)ccc1C. The highest BCUT2D eigenvalue weighted by Gasteiger charge is 2.14. The van der Waals surface area contributed by atoms with E-state index in [0.717, 1.165) is 22.2 Å². The van der Waals surface area contributed by atoms with E-state index in [1.807, 2.05) is 56.3 Å². The Morgan fingerprint density at radius 3 is 2.58 bits per heavy atom. The van der Waals surface area contributed by atoms with E-state index in [1.165, 1.54) is 7.11 Å². The Morgan fingerprint density at radius 1 is 1.19 bits per heavy atom. The van der Waals surface area contributed by atoms with Crippen LogP contribution in [0, 0.1) is 6.92 Å². The van der Waals surface area contributed by atoms with Crippen LogP contribution in [0.3, 0.4) is 0 Å². The van der Waals surface area contributed by atoms with Gasteiger partial charge in [0.15, 0.2) is 0 Å². The number of esters is 1. The van der Waals surface area contributed by atoms with E-state index >= 15 is 0 Å². The fourth-order valence-electron chi connectivity index (χ4n) is 2.09. The predicted octanol–water partition coefficient (Wildman–Crippen LogP) is 4.57. The maximum Gasteiger partial charge on any atom is 0.374 e. The molecule has 0 saturated heterocycles. The molecule has 0 heterocycles. The Balaban J connectivity index is 2.12. The molecule has 136 valence electrons. The highest BCUT2D eigenvalue weighted by molar-refractivity contribution is 6.27. The van der Waals surface area contributed by atoms with E-state index < -0.39 is 5.97 Å². The summed E-state index contributed by atoms with van der Waals surface area (Å²) in [5, 5.41) is 4.14. The number of aryl methyl sites for hydroxylation is 1. The molecular weight excluding hydrogens is 354 g/mol. The molecule has 0 amide bonds. The third-order valence-corrected chi connectivity index (χ3v) is 3.79. The molecular formula is C20H20ClNO4. The summed E-state index contributed by atoms with van der Waals surface area (Å²) in [5.74, 6) is -0.261. The average molecular weight is 374 g/mol. The number of halogens is 1. The second kappa shape index (κ2) is 9.63. The monoisotopic (exact) mass is 373 g/mol. The number of hydrogen-bond acceptors (Lipinski definition) is 5. The molecule has 0 radical (unpaired) electrons. The van der Waals surface area contributed by atoms with E-state index in [2.05, 4.69) is 9.89 Å². The number of hydrogen-bond donors (Lipinski definition) is 0. The van der Waals surface area contributed by atoms with Crippen LogP contribution < -0.4 is 4.74 Å². The molecule has 0 aliphatic rings. The van der Waals surface area contributed by atoms with Crippen LogP contribution in [0.4, 0.5) is 0 Å². The summed E-state index contributed by atoms with van der Waals surface area (Å²) in [7, 11) is 1.26. The minimum absolute atomic E-state index is 0.0932. The van der Waals surface area contributed by atoms with Crippen molar-refractivity contribution in [1.82, 2.24) is 0 Å². The molecule has 2 aromatic carbocycles. The maximum absolute atomic E-state index is 11.6. The highest BCUT2D eigenvalue weighted by atomic mass is 35.5. The summed E-state index contributed by atoms with van der Waals surface area (Å²) in [5.41, 5.74) is 4.40. The second-order valence-electron chi connectivity index (χ2n) is 5.48. The third kappa shape index (κ3) is 5.36. The van der Waals surface area contributed by atoms with Gasteiger partial charge in [0, 0.05) is 5.56 Å². The molecule has 0 aliphatic carbocycles. The van der Waals surface area contributed by atoms with Gasteiger partial charge in [0.25, 0.3) is 0 Å². The van der Waals surface area contributed by atoms with Gasteiger partial charge in [-0.05, 0) is 31.0 Å². The number of carbonyl (C=O) groups excluding carboxylic acids is 1.